The van der Waals surface area contributed by atoms with Crippen LogP contribution in [0.5, 0.6) is 0 Å². The number of hydrogen-bond acceptors (Lipinski definition) is 8. The number of rotatable bonds is 5. The van der Waals surface area contributed by atoms with E-state index in [0.717, 1.165) is 63.1 Å². The van der Waals surface area contributed by atoms with Crippen molar-refractivity contribution in [2.45, 2.75) is 37.8 Å². The highest BCUT2D eigenvalue weighted by Crippen LogP contribution is 2.25. The van der Waals surface area contributed by atoms with Gasteiger partial charge in [0.2, 0.25) is 5.91 Å². The standard InChI is InChI=1S/C22H31N7O3S.3ClH/c1-22(2,21(31)32)17-13-29-18(24-17)3-4-19(25-29)27-7-5-26(6-8-27)15-11-16(23-12-15)20(30)28-9-10-33-14-28;;;/h3-4,13,15-16,23H,5-12,14H2,1-2H3,(H,31,32);3*1H/t15-,16-;;;/m0.../s1. The summed E-state index contributed by atoms with van der Waals surface area (Å²) in [5.74, 6) is 2.07. The first-order valence-electron chi connectivity index (χ1n) is 11.5. The van der Waals surface area contributed by atoms with Crippen LogP contribution in [0.4, 0.5) is 5.82 Å². The summed E-state index contributed by atoms with van der Waals surface area (Å²) < 4.78 is 1.68. The van der Waals surface area contributed by atoms with E-state index in [1.165, 1.54) is 0 Å². The third-order valence-electron chi connectivity index (χ3n) is 7.11. The molecule has 5 heterocycles. The second-order valence-corrected chi connectivity index (χ2v) is 10.6. The van der Waals surface area contributed by atoms with E-state index in [-0.39, 0.29) is 49.2 Å². The maximum Gasteiger partial charge on any atom is 0.315 e. The molecule has 1 amide bonds. The van der Waals surface area contributed by atoms with E-state index < -0.39 is 11.4 Å². The average Bonchev–Trinajstić information content (AvgIpc) is 3.59. The average molecular weight is 583 g/mol. The summed E-state index contributed by atoms with van der Waals surface area (Å²) in [6.45, 7) is 8.60. The molecule has 10 nitrogen and oxygen atoms in total. The van der Waals surface area contributed by atoms with E-state index in [1.54, 1.807) is 24.6 Å². The molecule has 202 valence electrons. The Morgan fingerprint density at radius 3 is 2.47 bits per heavy atom. The van der Waals surface area contributed by atoms with Gasteiger partial charge in [-0.3, -0.25) is 14.5 Å². The molecular formula is C22H34Cl3N7O3S. The predicted molar refractivity (Wildman–Crippen MR) is 148 cm³/mol. The molecule has 3 aliphatic rings. The third-order valence-corrected chi connectivity index (χ3v) is 8.07. The minimum absolute atomic E-state index is 0. The first-order chi connectivity index (χ1) is 15.8. The van der Waals surface area contributed by atoms with Crippen LogP contribution in [0.2, 0.25) is 0 Å². The van der Waals surface area contributed by atoms with Gasteiger partial charge < -0.3 is 20.2 Å². The number of piperazine rings is 1. The Balaban J connectivity index is 0.00000152. The number of nitrogens with zero attached hydrogens (tertiary/aromatic N) is 6. The molecule has 0 unspecified atom stereocenters. The lowest BCUT2D eigenvalue weighted by Gasteiger charge is -2.38. The van der Waals surface area contributed by atoms with Gasteiger partial charge in [0.05, 0.1) is 23.8 Å². The normalized spacial score (nSPS) is 22.6. The zero-order valence-electron chi connectivity index (χ0n) is 20.3. The molecule has 5 rings (SSSR count). The summed E-state index contributed by atoms with van der Waals surface area (Å²) in [6, 6.07) is 4.18. The molecular weight excluding hydrogens is 549 g/mol. The summed E-state index contributed by atoms with van der Waals surface area (Å²) >= 11 is 1.82. The number of carbonyl (C=O) groups is 2. The number of anilines is 1. The lowest BCUT2D eigenvalue weighted by Crippen LogP contribution is -2.51. The Hall–Kier alpha value is -1.50. The molecule has 36 heavy (non-hydrogen) atoms. The molecule has 0 saturated carbocycles. The smallest absolute Gasteiger partial charge is 0.315 e. The Labute approximate surface area is 233 Å². The topological polar surface area (TPSA) is 106 Å². The van der Waals surface area contributed by atoms with Crippen LogP contribution in [0.15, 0.2) is 18.3 Å². The zero-order chi connectivity index (χ0) is 23.2. The molecule has 2 N–H and O–H groups in total. The number of carbonyl (C=O) groups excluding carboxylic acids is 1. The van der Waals surface area contributed by atoms with Gasteiger partial charge in [-0.2, -0.15) is 0 Å². The fourth-order valence-corrected chi connectivity index (χ4v) is 5.71. The van der Waals surface area contributed by atoms with Crippen LogP contribution < -0.4 is 10.2 Å². The Kier molecular flexibility index (Phi) is 10.6. The second kappa shape index (κ2) is 12.4. The Morgan fingerprint density at radius 1 is 1.11 bits per heavy atom. The maximum atomic E-state index is 12.7. The summed E-state index contributed by atoms with van der Waals surface area (Å²) in [5.41, 5.74) is 0.0717. The molecule has 2 aromatic rings. The number of halogens is 3. The van der Waals surface area contributed by atoms with E-state index in [1.807, 2.05) is 28.8 Å². The number of aromatic nitrogens is 3. The molecule has 3 aliphatic heterocycles. The molecule has 2 aromatic heterocycles. The van der Waals surface area contributed by atoms with Crippen molar-refractivity contribution in [3.63, 3.8) is 0 Å². The molecule has 14 heteroatoms. The molecule has 0 radical (unpaired) electrons. The van der Waals surface area contributed by atoms with E-state index in [9.17, 15) is 14.7 Å². The van der Waals surface area contributed by atoms with Gasteiger partial charge in [-0.15, -0.1) is 54.1 Å². The van der Waals surface area contributed by atoms with E-state index in [4.69, 9.17) is 5.10 Å². The summed E-state index contributed by atoms with van der Waals surface area (Å²) in [6.07, 6.45) is 2.59. The van der Waals surface area contributed by atoms with Crippen LogP contribution in [0.3, 0.4) is 0 Å². The summed E-state index contributed by atoms with van der Waals surface area (Å²) in [4.78, 5) is 35.4. The SMILES string of the molecule is CC(C)(C(=O)O)c1cn2nc(N3CCN([C@@H]4CN[C@H](C(=O)N5CCSC5)C4)CC3)ccc2n1.Cl.Cl.Cl. The van der Waals surface area contributed by atoms with Crippen LogP contribution in [-0.4, -0.2) is 104 Å². The quantitative estimate of drug-likeness (QED) is 0.545. The van der Waals surface area contributed by atoms with Crippen LogP contribution in [0.1, 0.15) is 26.0 Å². The highest BCUT2D eigenvalue weighted by Gasteiger charge is 2.37. The molecule has 3 fully saturated rings. The number of hydrogen-bond donors (Lipinski definition) is 2. The van der Waals surface area contributed by atoms with Crippen molar-refractivity contribution in [3.8, 4) is 0 Å². The number of carboxylic acid groups (broad SMARTS) is 1. The van der Waals surface area contributed by atoms with Crippen molar-refractivity contribution >= 4 is 72.3 Å². The number of fused-ring (bicyclic) bond motifs is 1. The monoisotopic (exact) mass is 581 g/mol. The maximum absolute atomic E-state index is 12.7. The van der Waals surface area contributed by atoms with Crippen molar-refractivity contribution in [2.24, 2.45) is 0 Å². The molecule has 2 atom stereocenters. The summed E-state index contributed by atoms with van der Waals surface area (Å²) in [7, 11) is 0. The zero-order valence-corrected chi connectivity index (χ0v) is 23.6. The molecule has 0 aliphatic carbocycles. The largest absolute Gasteiger partial charge is 0.481 e. The van der Waals surface area contributed by atoms with Gasteiger partial charge in [-0.05, 0) is 32.4 Å². The van der Waals surface area contributed by atoms with Crippen LogP contribution in [0, 0.1) is 0 Å². The van der Waals surface area contributed by atoms with Crippen molar-refractivity contribution < 1.29 is 14.7 Å². The lowest BCUT2D eigenvalue weighted by atomic mass is 9.90. The summed E-state index contributed by atoms with van der Waals surface area (Å²) in [5, 5.41) is 17.6. The van der Waals surface area contributed by atoms with Crippen molar-refractivity contribution in [2.75, 3.05) is 55.8 Å². The van der Waals surface area contributed by atoms with E-state index >= 15 is 0 Å². The molecule has 0 aromatic carbocycles. The van der Waals surface area contributed by atoms with Gasteiger partial charge in [0.15, 0.2) is 5.65 Å². The van der Waals surface area contributed by atoms with Crippen LogP contribution in [0.25, 0.3) is 5.65 Å². The van der Waals surface area contributed by atoms with E-state index in [2.05, 4.69) is 20.1 Å². The number of imidazole rings is 1. The van der Waals surface area contributed by atoms with Crippen LogP contribution >= 0.6 is 49.0 Å². The highest BCUT2D eigenvalue weighted by atomic mass is 35.5. The van der Waals surface area contributed by atoms with Crippen LogP contribution in [-0.2, 0) is 15.0 Å². The number of nitrogens with one attached hydrogen (secondary N) is 1. The second-order valence-electron chi connectivity index (χ2n) is 9.56. The van der Waals surface area contributed by atoms with Gasteiger partial charge in [0, 0.05) is 51.1 Å². The molecule has 0 bridgehead atoms. The van der Waals surface area contributed by atoms with Crippen molar-refractivity contribution in [1.29, 1.82) is 0 Å². The van der Waals surface area contributed by atoms with Crippen molar-refractivity contribution in [3.05, 3.63) is 24.0 Å². The van der Waals surface area contributed by atoms with Gasteiger partial charge in [0.1, 0.15) is 11.2 Å². The highest BCUT2D eigenvalue weighted by molar-refractivity contribution is 7.99. The number of thioether (sulfide) groups is 1. The van der Waals surface area contributed by atoms with Gasteiger partial charge >= 0.3 is 5.97 Å². The fourth-order valence-electron chi connectivity index (χ4n) is 4.76. The lowest BCUT2D eigenvalue weighted by molar-refractivity contribution is -0.142. The Morgan fingerprint density at radius 2 is 1.83 bits per heavy atom. The predicted octanol–water partition coefficient (Wildman–Crippen LogP) is 1.74. The van der Waals surface area contributed by atoms with E-state index in [0.29, 0.717) is 17.4 Å². The van der Waals surface area contributed by atoms with Crippen molar-refractivity contribution in [1.82, 2.24) is 29.7 Å². The minimum atomic E-state index is -1.07. The molecule has 0 spiro atoms. The number of amides is 1. The fraction of sp³-hybridized carbons (Fsp3) is 0.636. The minimum Gasteiger partial charge on any atom is -0.481 e. The Bertz CT molecular complexity index is 1060. The van der Waals surface area contributed by atoms with Gasteiger partial charge in [-0.1, -0.05) is 0 Å². The number of carboxylic acids is 1. The van der Waals surface area contributed by atoms with Gasteiger partial charge in [0.25, 0.3) is 0 Å². The first-order valence-corrected chi connectivity index (χ1v) is 12.7. The van der Waals surface area contributed by atoms with Gasteiger partial charge in [-0.25, -0.2) is 9.50 Å². The third kappa shape index (κ3) is 5.97. The number of aliphatic carboxylic acids is 1. The molecule has 3 saturated heterocycles. The first kappa shape index (κ1) is 30.7.